The lowest BCUT2D eigenvalue weighted by Gasteiger charge is -2.47. The summed E-state index contributed by atoms with van der Waals surface area (Å²) in [5.74, 6) is -0.757. The molecule has 2 aliphatic rings. The van der Waals surface area contributed by atoms with Crippen molar-refractivity contribution in [2.75, 3.05) is 0 Å². The van der Waals surface area contributed by atoms with Crippen LogP contribution in [0.3, 0.4) is 0 Å². The van der Waals surface area contributed by atoms with Gasteiger partial charge in [-0.3, -0.25) is 9.59 Å². The Hall–Kier alpha value is -2.12. The van der Waals surface area contributed by atoms with E-state index in [1.165, 1.54) is 0 Å². The van der Waals surface area contributed by atoms with Crippen LogP contribution in [0, 0.1) is 19.3 Å². The summed E-state index contributed by atoms with van der Waals surface area (Å²) in [4.78, 5) is 28.9. The molecule has 0 spiro atoms. The van der Waals surface area contributed by atoms with Gasteiger partial charge < -0.3 is 25.2 Å². The first-order valence-electron chi connectivity index (χ1n) is 15.5. The zero-order valence-electron chi connectivity index (χ0n) is 27.5. The second kappa shape index (κ2) is 11.9. The summed E-state index contributed by atoms with van der Waals surface area (Å²) in [5, 5.41) is 17.7. The molecule has 0 radical (unpaired) electrons. The summed E-state index contributed by atoms with van der Waals surface area (Å²) in [6.07, 6.45) is 4.04. The maximum Gasteiger partial charge on any atom is 0.324 e. The van der Waals surface area contributed by atoms with E-state index in [0.717, 1.165) is 23.1 Å². The number of hydrogen-bond donors (Lipinski definition) is 3. The number of benzene rings is 1. The van der Waals surface area contributed by atoms with E-state index in [1.54, 1.807) is 0 Å². The van der Waals surface area contributed by atoms with Gasteiger partial charge in [0, 0.05) is 47.8 Å². The first-order chi connectivity index (χ1) is 18.7. The van der Waals surface area contributed by atoms with Crippen LogP contribution in [-0.2, 0) is 25.5 Å². The van der Waals surface area contributed by atoms with Gasteiger partial charge in [0.1, 0.15) is 18.0 Å². The molecule has 0 unspecified atom stereocenters. The molecule has 0 aromatic heterocycles. The molecule has 2 fully saturated rings. The number of rotatable bonds is 9. The summed E-state index contributed by atoms with van der Waals surface area (Å²) < 4.78 is 12.7. The highest BCUT2D eigenvalue weighted by atomic mass is 16.6. The van der Waals surface area contributed by atoms with E-state index < -0.39 is 17.4 Å². The van der Waals surface area contributed by atoms with Gasteiger partial charge in [-0.15, -0.1) is 0 Å². The van der Waals surface area contributed by atoms with Gasteiger partial charge in [0.15, 0.2) is 5.41 Å². The van der Waals surface area contributed by atoms with Crippen molar-refractivity contribution in [3.63, 3.8) is 0 Å². The Morgan fingerprint density at radius 2 is 1.17 bits per heavy atom. The molecule has 3 N–H and O–H groups in total. The number of carbonyl (C=O) groups excluding carboxylic acids is 2. The smallest absolute Gasteiger partial charge is 0.324 e. The SMILES string of the molecule is CCCCC(Cc1cc(C)c(O)c(C)c1)(C(=O)OC1CC(C)(C)NC(C)(C)C1)C(=O)OC1CC(C)(C)NC(C)(C)C1. The minimum atomic E-state index is -1.48. The molecule has 0 bridgehead atoms. The first-order valence-corrected chi connectivity index (χ1v) is 15.5. The van der Waals surface area contributed by atoms with Crippen molar-refractivity contribution in [1.82, 2.24) is 10.6 Å². The Morgan fingerprint density at radius 1 is 0.805 bits per heavy atom. The molecule has 7 nitrogen and oxygen atoms in total. The molecule has 2 aliphatic heterocycles. The zero-order valence-corrected chi connectivity index (χ0v) is 27.5. The molecule has 0 saturated carbocycles. The Bertz CT molecular complexity index is 1010. The lowest BCUT2D eigenvalue weighted by Crippen LogP contribution is -2.61. The molecule has 7 heteroatoms. The van der Waals surface area contributed by atoms with Gasteiger partial charge in [0.25, 0.3) is 0 Å². The second-order valence-corrected chi connectivity index (χ2v) is 15.6. The highest BCUT2D eigenvalue weighted by Crippen LogP contribution is 2.40. The third-order valence-corrected chi connectivity index (χ3v) is 8.65. The molecule has 41 heavy (non-hydrogen) atoms. The van der Waals surface area contributed by atoms with Gasteiger partial charge in [-0.2, -0.15) is 0 Å². The van der Waals surface area contributed by atoms with Gasteiger partial charge in [0.2, 0.25) is 0 Å². The standard InChI is InChI=1S/C34H56N2O5/c1-12-13-14-34(17-24-15-22(2)27(37)23(3)16-24,28(38)40-25-18-30(4,5)35-31(6,7)19-25)29(39)41-26-20-32(8,9)36-33(10,11)21-26/h15-16,25-26,35-37H,12-14,17-21H2,1-11H3. The summed E-state index contributed by atoms with van der Waals surface area (Å²) in [5.41, 5.74) is -0.0742. The van der Waals surface area contributed by atoms with E-state index in [4.69, 9.17) is 9.47 Å². The predicted octanol–water partition coefficient (Wildman–Crippen LogP) is 6.43. The fourth-order valence-corrected chi connectivity index (χ4v) is 7.65. The topological polar surface area (TPSA) is 96.9 Å². The van der Waals surface area contributed by atoms with E-state index in [1.807, 2.05) is 26.0 Å². The molecule has 1 aromatic carbocycles. The van der Waals surface area contributed by atoms with Crippen LogP contribution in [0.15, 0.2) is 12.1 Å². The molecular weight excluding hydrogens is 516 g/mol. The third-order valence-electron chi connectivity index (χ3n) is 8.65. The number of phenols is 1. The third kappa shape index (κ3) is 8.47. The number of hydrogen-bond acceptors (Lipinski definition) is 7. The van der Waals surface area contributed by atoms with Crippen LogP contribution in [-0.4, -0.2) is 51.4 Å². The minimum Gasteiger partial charge on any atom is -0.507 e. The van der Waals surface area contributed by atoms with Crippen LogP contribution < -0.4 is 10.6 Å². The molecular formula is C34H56N2O5. The fourth-order valence-electron chi connectivity index (χ4n) is 7.65. The number of nitrogens with one attached hydrogen (secondary N) is 2. The van der Waals surface area contributed by atoms with Gasteiger partial charge in [-0.25, -0.2) is 0 Å². The van der Waals surface area contributed by atoms with Gasteiger partial charge in [-0.05, 0) is 98.8 Å². The molecule has 232 valence electrons. The van der Waals surface area contributed by atoms with Crippen molar-refractivity contribution >= 4 is 11.9 Å². The zero-order chi connectivity index (χ0) is 31.0. The van der Waals surface area contributed by atoms with Gasteiger partial charge in [-0.1, -0.05) is 31.9 Å². The lowest BCUT2D eigenvalue weighted by atomic mass is 9.75. The van der Waals surface area contributed by atoms with Crippen LogP contribution in [0.25, 0.3) is 0 Å². The van der Waals surface area contributed by atoms with E-state index in [0.29, 0.717) is 38.5 Å². The molecule has 2 saturated heterocycles. The average molecular weight is 573 g/mol. The minimum absolute atomic E-state index is 0.169. The number of piperidine rings is 2. The normalized spacial score (nSPS) is 22.2. The Balaban J connectivity index is 2.03. The molecule has 1 aromatic rings. The van der Waals surface area contributed by atoms with E-state index in [-0.39, 0.29) is 46.5 Å². The average Bonchev–Trinajstić information content (AvgIpc) is 2.75. The molecule has 0 atom stereocenters. The summed E-state index contributed by atoms with van der Waals surface area (Å²) in [6.45, 7) is 22.7. The predicted molar refractivity (Wildman–Crippen MR) is 164 cm³/mol. The number of aryl methyl sites for hydroxylation is 2. The van der Waals surface area contributed by atoms with Crippen molar-refractivity contribution < 1.29 is 24.2 Å². The Morgan fingerprint density at radius 3 is 1.51 bits per heavy atom. The van der Waals surface area contributed by atoms with Gasteiger partial charge >= 0.3 is 11.9 Å². The first kappa shape index (κ1) is 33.4. The largest absolute Gasteiger partial charge is 0.507 e. The van der Waals surface area contributed by atoms with Crippen molar-refractivity contribution in [3.05, 3.63) is 28.8 Å². The lowest BCUT2D eigenvalue weighted by molar-refractivity contribution is -0.183. The maximum atomic E-state index is 14.4. The van der Waals surface area contributed by atoms with Crippen molar-refractivity contribution in [2.45, 2.75) is 162 Å². The van der Waals surface area contributed by atoms with Crippen molar-refractivity contribution in [3.8, 4) is 5.75 Å². The molecule has 3 rings (SSSR count). The quantitative estimate of drug-likeness (QED) is 0.232. The van der Waals surface area contributed by atoms with Crippen LogP contribution in [0.1, 0.15) is 124 Å². The summed E-state index contributed by atoms with van der Waals surface area (Å²) >= 11 is 0. The van der Waals surface area contributed by atoms with Crippen LogP contribution in [0.5, 0.6) is 5.75 Å². The molecule has 2 heterocycles. The number of ether oxygens (including phenoxy) is 2. The Kier molecular flexibility index (Phi) is 9.67. The summed E-state index contributed by atoms with van der Waals surface area (Å²) in [6, 6.07) is 3.74. The fraction of sp³-hybridized carbons (Fsp3) is 0.765. The van der Waals surface area contributed by atoms with Crippen LogP contribution >= 0.6 is 0 Å². The Labute approximate surface area is 248 Å². The summed E-state index contributed by atoms with van der Waals surface area (Å²) in [7, 11) is 0. The number of aromatic hydroxyl groups is 1. The van der Waals surface area contributed by atoms with E-state index >= 15 is 0 Å². The van der Waals surface area contributed by atoms with Crippen LogP contribution in [0.2, 0.25) is 0 Å². The number of phenolic OH excluding ortho intramolecular Hbond substituents is 1. The molecule has 0 amide bonds. The second-order valence-electron chi connectivity index (χ2n) is 15.6. The van der Waals surface area contributed by atoms with Gasteiger partial charge in [0.05, 0.1) is 0 Å². The van der Waals surface area contributed by atoms with Crippen molar-refractivity contribution in [1.29, 1.82) is 0 Å². The maximum absolute atomic E-state index is 14.4. The monoisotopic (exact) mass is 572 g/mol. The van der Waals surface area contributed by atoms with E-state index in [9.17, 15) is 14.7 Å². The van der Waals surface area contributed by atoms with Crippen molar-refractivity contribution in [2.24, 2.45) is 5.41 Å². The number of unbranched alkanes of at least 4 members (excludes halogenated alkanes) is 1. The van der Waals surface area contributed by atoms with Crippen LogP contribution in [0.4, 0.5) is 0 Å². The highest BCUT2D eigenvalue weighted by Gasteiger charge is 2.52. The number of carbonyl (C=O) groups is 2. The molecule has 0 aliphatic carbocycles. The number of esters is 2. The highest BCUT2D eigenvalue weighted by molar-refractivity contribution is 6.00. The van der Waals surface area contributed by atoms with E-state index in [2.05, 4.69) is 72.9 Å².